The van der Waals surface area contributed by atoms with Gasteiger partial charge < -0.3 is 5.73 Å². The Labute approximate surface area is 211 Å². The summed E-state index contributed by atoms with van der Waals surface area (Å²) in [5.74, 6) is -3.44. The summed E-state index contributed by atoms with van der Waals surface area (Å²) in [4.78, 5) is 10.8. The number of anilines is 1. The Bertz CT molecular complexity index is 1700. The van der Waals surface area contributed by atoms with Gasteiger partial charge >= 0.3 is 6.18 Å². The first-order chi connectivity index (χ1) is 18.1. The molecule has 38 heavy (non-hydrogen) atoms. The van der Waals surface area contributed by atoms with Gasteiger partial charge in [0.15, 0.2) is 11.6 Å². The second-order valence-electron chi connectivity index (χ2n) is 8.22. The number of benzene rings is 1. The van der Waals surface area contributed by atoms with E-state index in [4.69, 9.17) is 5.73 Å². The lowest BCUT2D eigenvalue weighted by molar-refractivity contribution is -0.144. The molecule has 0 bridgehead atoms. The first kappa shape index (κ1) is 24.8. The van der Waals surface area contributed by atoms with E-state index < -0.39 is 29.6 Å². The molecule has 0 saturated carbocycles. The van der Waals surface area contributed by atoms with Gasteiger partial charge in [0, 0.05) is 41.7 Å². The minimum atomic E-state index is -4.75. The highest BCUT2D eigenvalue weighted by Gasteiger charge is 2.35. The van der Waals surface area contributed by atoms with Gasteiger partial charge in [0.2, 0.25) is 5.82 Å². The molecule has 4 heterocycles. The molecule has 0 amide bonds. The highest BCUT2D eigenvalue weighted by Crippen LogP contribution is 2.40. The van der Waals surface area contributed by atoms with E-state index in [0.717, 1.165) is 24.5 Å². The number of aromatic nitrogens is 7. The monoisotopic (exact) mass is 525 g/mol. The molecule has 0 aliphatic carbocycles. The smallest absolute Gasteiger partial charge is 0.382 e. The highest BCUT2D eigenvalue weighted by atomic mass is 19.4. The van der Waals surface area contributed by atoms with E-state index >= 15 is 0 Å². The lowest BCUT2D eigenvalue weighted by Gasteiger charge is -2.14. The number of rotatable bonds is 5. The van der Waals surface area contributed by atoms with Gasteiger partial charge in [0.05, 0.1) is 17.5 Å². The zero-order valence-electron chi connectivity index (χ0n) is 19.4. The first-order valence-corrected chi connectivity index (χ1v) is 11.1. The van der Waals surface area contributed by atoms with Crippen molar-refractivity contribution in [3.63, 3.8) is 0 Å². The fraction of sp³-hybridized carbons (Fsp3) is 0.167. The molecule has 9 nitrogen and oxygen atoms in total. The molecular formula is C24H16F5N9. The number of alkyl halides is 3. The van der Waals surface area contributed by atoms with E-state index in [0.29, 0.717) is 17.7 Å². The molecule has 192 valence electrons. The van der Waals surface area contributed by atoms with Crippen LogP contribution in [-0.2, 0) is 6.18 Å². The van der Waals surface area contributed by atoms with Crippen molar-refractivity contribution in [3.8, 4) is 22.9 Å². The highest BCUT2D eigenvalue weighted by molar-refractivity contribution is 5.92. The van der Waals surface area contributed by atoms with Crippen LogP contribution in [0.4, 0.5) is 27.8 Å². The number of hydrogen-bond acceptors (Lipinski definition) is 7. The van der Waals surface area contributed by atoms with E-state index in [1.165, 1.54) is 34.0 Å². The Morgan fingerprint density at radius 3 is 2.45 bits per heavy atom. The largest absolute Gasteiger partial charge is 0.451 e. The molecule has 1 atom stereocenters. The molecule has 0 aliphatic heterocycles. The molecular weight excluding hydrogens is 509 g/mol. The molecule has 0 aliphatic rings. The van der Waals surface area contributed by atoms with Crippen molar-refractivity contribution in [1.82, 2.24) is 34.3 Å². The molecule has 5 aromatic rings. The summed E-state index contributed by atoms with van der Waals surface area (Å²) in [6, 6.07) is 5.19. The molecule has 0 saturated heterocycles. The van der Waals surface area contributed by atoms with Crippen LogP contribution >= 0.6 is 0 Å². The number of hydrogen-bond donors (Lipinski definition) is 1. The molecule has 0 radical (unpaired) electrons. The third kappa shape index (κ3) is 4.07. The summed E-state index contributed by atoms with van der Waals surface area (Å²) in [5, 5.41) is 18.7. The molecule has 0 fully saturated rings. The van der Waals surface area contributed by atoms with E-state index in [9.17, 15) is 27.2 Å². The van der Waals surface area contributed by atoms with Gasteiger partial charge in [-0.05, 0) is 24.1 Å². The Hall–Kier alpha value is -4.93. The van der Waals surface area contributed by atoms with E-state index in [2.05, 4.69) is 31.2 Å². The zero-order chi connectivity index (χ0) is 27.2. The van der Waals surface area contributed by atoms with Crippen LogP contribution in [0.2, 0.25) is 0 Å². The Kier molecular flexibility index (Phi) is 5.98. The van der Waals surface area contributed by atoms with Gasteiger partial charge in [-0.2, -0.15) is 28.6 Å². The van der Waals surface area contributed by atoms with Gasteiger partial charge in [-0.3, -0.25) is 0 Å². The van der Waals surface area contributed by atoms with Crippen LogP contribution in [0.1, 0.15) is 41.9 Å². The van der Waals surface area contributed by atoms with Gasteiger partial charge in [-0.15, -0.1) is 0 Å². The van der Waals surface area contributed by atoms with Crippen molar-refractivity contribution >= 4 is 11.3 Å². The van der Waals surface area contributed by atoms with E-state index in [-0.39, 0.29) is 33.7 Å². The van der Waals surface area contributed by atoms with Crippen molar-refractivity contribution < 1.29 is 22.0 Å². The van der Waals surface area contributed by atoms with Gasteiger partial charge in [-0.25, -0.2) is 32.9 Å². The number of nitriles is 1. The third-order valence-corrected chi connectivity index (χ3v) is 6.00. The maximum atomic E-state index is 14.4. The topological polar surface area (TPSA) is 124 Å². The average molecular weight is 525 g/mol. The van der Waals surface area contributed by atoms with Crippen LogP contribution in [0, 0.1) is 23.0 Å². The van der Waals surface area contributed by atoms with Crippen molar-refractivity contribution in [3.05, 3.63) is 83.6 Å². The van der Waals surface area contributed by atoms with Gasteiger partial charge in [0.25, 0.3) is 0 Å². The minimum Gasteiger partial charge on any atom is -0.382 e. The summed E-state index contributed by atoms with van der Waals surface area (Å²) < 4.78 is 69.4. The first-order valence-electron chi connectivity index (χ1n) is 11.1. The maximum absolute atomic E-state index is 14.4. The van der Waals surface area contributed by atoms with E-state index in [1.54, 1.807) is 0 Å². The number of nitrogens with zero attached hydrogens (tertiary/aromatic N) is 8. The van der Waals surface area contributed by atoms with Crippen LogP contribution < -0.4 is 5.73 Å². The number of halogens is 5. The molecule has 1 unspecified atom stereocenters. The van der Waals surface area contributed by atoms with Crippen LogP contribution in [0.5, 0.6) is 0 Å². The van der Waals surface area contributed by atoms with Gasteiger partial charge in [0.1, 0.15) is 29.4 Å². The number of nitrogens with two attached hydrogens (primary N) is 1. The standard InChI is InChI=1S/C24H16F5N9/c1-2-15(13-9-35-37(10-13)18-4-3-14(25)5-17(18)26)20-16(6-30)19(21-22(31)34-11-36-38(20)21)12-7-32-23(33-8-12)24(27,28)29/h3-5,7-11,15H,2H2,1H3,(H2,31,34,36). The Morgan fingerprint density at radius 1 is 1.08 bits per heavy atom. The van der Waals surface area contributed by atoms with Crippen LogP contribution in [0.25, 0.3) is 22.3 Å². The lowest BCUT2D eigenvalue weighted by Crippen LogP contribution is -2.10. The molecule has 4 aromatic heterocycles. The third-order valence-electron chi connectivity index (χ3n) is 6.00. The van der Waals surface area contributed by atoms with E-state index in [1.807, 2.05) is 6.92 Å². The second kappa shape index (κ2) is 9.18. The molecule has 0 spiro atoms. The second-order valence-corrected chi connectivity index (χ2v) is 8.22. The summed E-state index contributed by atoms with van der Waals surface area (Å²) in [6.07, 6.45) is 1.79. The Balaban J connectivity index is 1.70. The molecule has 14 heteroatoms. The lowest BCUT2D eigenvalue weighted by atomic mass is 9.91. The van der Waals surface area contributed by atoms with Crippen LogP contribution in [0.3, 0.4) is 0 Å². The normalized spacial score (nSPS) is 12.6. The van der Waals surface area contributed by atoms with Crippen LogP contribution in [-0.4, -0.2) is 34.3 Å². The predicted molar refractivity (Wildman–Crippen MR) is 124 cm³/mol. The summed E-state index contributed by atoms with van der Waals surface area (Å²) >= 11 is 0. The summed E-state index contributed by atoms with van der Waals surface area (Å²) in [6.45, 7) is 1.84. The fourth-order valence-corrected chi connectivity index (χ4v) is 4.36. The quantitative estimate of drug-likeness (QED) is 0.331. The summed E-state index contributed by atoms with van der Waals surface area (Å²) in [5.41, 5.74) is 7.63. The number of fused-ring (bicyclic) bond motifs is 1. The maximum Gasteiger partial charge on any atom is 0.451 e. The Morgan fingerprint density at radius 2 is 1.82 bits per heavy atom. The molecule has 2 N–H and O–H groups in total. The fourth-order valence-electron chi connectivity index (χ4n) is 4.36. The van der Waals surface area contributed by atoms with Crippen LogP contribution in [0.15, 0.2) is 49.3 Å². The molecule has 5 rings (SSSR count). The zero-order valence-corrected chi connectivity index (χ0v) is 19.4. The predicted octanol–water partition coefficient (Wildman–Crippen LogP) is 4.66. The van der Waals surface area contributed by atoms with Gasteiger partial charge in [-0.1, -0.05) is 6.92 Å². The average Bonchev–Trinajstić information content (AvgIpc) is 3.48. The van der Waals surface area contributed by atoms with Crippen molar-refractivity contribution in [2.75, 3.05) is 5.73 Å². The SMILES string of the molecule is CCC(c1cnn(-c2ccc(F)cc2F)c1)c1c(C#N)c(-c2cnc(C(F)(F)F)nc2)c2c(N)ncnn12. The summed E-state index contributed by atoms with van der Waals surface area (Å²) in [7, 11) is 0. The van der Waals surface area contributed by atoms with Crippen molar-refractivity contribution in [2.45, 2.75) is 25.4 Å². The minimum absolute atomic E-state index is 0.0159. The molecule has 1 aromatic carbocycles. The number of nitrogen functional groups attached to an aromatic ring is 1. The van der Waals surface area contributed by atoms with Crippen molar-refractivity contribution in [1.29, 1.82) is 5.26 Å². The van der Waals surface area contributed by atoms with Crippen molar-refractivity contribution in [2.24, 2.45) is 0 Å².